The summed E-state index contributed by atoms with van der Waals surface area (Å²) in [6.45, 7) is 6.16. The van der Waals surface area contributed by atoms with Gasteiger partial charge in [-0.05, 0) is 36.2 Å². The van der Waals surface area contributed by atoms with E-state index < -0.39 is 5.60 Å². The van der Waals surface area contributed by atoms with E-state index in [4.69, 9.17) is 4.74 Å². The van der Waals surface area contributed by atoms with Gasteiger partial charge in [0.15, 0.2) is 5.60 Å². The Morgan fingerprint density at radius 2 is 2.00 bits per heavy atom. The van der Waals surface area contributed by atoms with Crippen LogP contribution in [0.1, 0.15) is 26.8 Å². The lowest BCUT2D eigenvalue weighted by Crippen LogP contribution is -2.59. The summed E-state index contributed by atoms with van der Waals surface area (Å²) in [5.74, 6) is 0.0645. The van der Waals surface area contributed by atoms with Crippen LogP contribution in [0.15, 0.2) is 67.0 Å². The van der Waals surface area contributed by atoms with Gasteiger partial charge in [0.25, 0.3) is 5.91 Å². The molecule has 4 heterocycles. The predicted octanol–water partition coefficient (Wildman–Crippen LogP) is 3.85. The molecule has 2 fully saturated rings. The number of pyridine rings is 1. The minimum absolute atomic E-state index is 0.0340. The summed E-state index contributed by atoms with van der Waals surface area (Å²) in [6, 6.07) is 18.6. The van der Waals surface area contributed by atoms with E-state index in [-0.39, 0.29) is 11.8 Å². The van der Waals surface area contributed by atoms with Crippen molar-refractivity contribution in [3.05, 3.63) is 87.9 Å². The molecule has 31 heavy (non-hydrogen) atoms. The van der Waals surface area contributed by atoms with Gasteiger partial charge >= 0.3 is 0 Å². The quantitative estimate of drug-likeness (QED) is 0.613. The van der Waals surface area contributed by atoms with Gasteiger partial charge in [-0.1, -0.05) is 36.4 Å². The highest BCUT2D eigenvalue weighted by Gasteiger charge is 2.57. The minimum Gasteiger partial charge on any atom is -0.361 e. The van der Waals surface area contributed by atoms with Crippen LogP contribution in [0.2, 0.25) is 0 Å². The maximum atomic E-state index is 13.9. The highest BCUT2D eigenvalue weighted by Crippen LogP contribution is 2.42. The molecular formula is C25H27N3O2S. The summed E-state index contributed by atoms with van der Waals surface area (Å²) < 4.78 is 6.39. The standard InChI is InChI=1S/C25H27N3O2S/c1-19-9-10-22(31-19)16-27-17-23(21-8-5-11-26-14-21)25(18-27)24(29)28(12-13-30-25)15-20-6-3-2-4-7-20/h2-11,14,23H,12-13,15-18H2,1H3/t23-,25-/m1/s1. The molecule has 160 valence electrons. The first kappa shape index (κ1) is 20.4. The van der Waals surface area contributed by atoms with Crippen molar-refractivity contribution >= 4 is 17.2 Å². The number of amides is 1. The Morgan fingerprint density at radius 3 is 2.74 bits per heavy atom. The van der Waals surface area contributed by atoms with E-state index in [1.165, 1.54) is 9.75 Å². The summed E-state index contributed by atoms with van der Waals surface area (Å²) >= 11 is 1.82. The molecule has 0 unspecified atom stereocenters. The molecular weight excluding hydrogens is 406 g/mol. The molecule has 2 aliphatic heterocycles. The van der Waals surface area contributed by atoms with Gasteiger partial charge in [0, 0.05) is 60.8 Å². The van der Waals surface area contributed by atoms with Gasteiger partial charge < -0.3 is 9.64 Å². The first-order chi connectivity index (χ1) is 15.1. The number of hydrogen-bond acceptors (Lipinski definition) is 5. The Hall–Kier alpha value is -2.54. The Bertz CT molecular complexity index is 1040. The zero-order valence-corrected chi connectivity index (χ0v) is 18.6. The normalized spacial score (nSPS) is 24.2. The molecule has 0 radical (unpaired) electrons. The molecule has 0 bridgehead atoms. The van der Waals surface area contributed by atoms with Crippen molar-refractivity contribution < 1.29 is 9.53 Å². The molecule has 5 nitrogen and oxygen atoms in total. The number of nitrogens with zero attached hydrogens (tertiary/aromatic N) is 3. The fraction of sp³-hybridized carbons (Fsp3) is 0.360. The maximum Gasteiger partial charge on any atom is 0.257 e. The number of ether oxygens (including phenoxy) is 1. The van der Waals surface area contributed by atoms with Crippen LogP contribution in [0.4, 0.5) is 0 Å². The van der Waals surface area contributed by atoms with Gasteiger partial charge in [-0.2, -0.15) is 0 Å². The minimum atomic E-state index is -0.859. The highest BCUT2D eigenvalue weighted by atomic mass is 32.1. The number of rotatable bonds is 5. The fourth-order valence-electron chi connectivity index (χ4n) is 4.87. The van der Waals surface area contributed by atoms with Crippen molar-refractivity contribution in [2.45, 2.75) is 31.5 Å². The number of carbonyl (C=O) groups is 1. The third-order valence-electron chi connectivity index (χ3n) is 6.31. The third kappa shape index (κ3) is 4.03. The Labute approximate surface area is 187 Å². The molecule has 5 rings (SSSR count). The Balaban J connectivity index is 1.44. The van der Waals surface area contributed by atoms with Gasteiger partial charge in [-0.3, -0.25) is 14.7 Å². The molecule has 3 aromatic rings. The molecule has 1 amide bonds. The van der Waals surface area contributed by atoms with E-state index in [0.29, 0.717) is 26.2 Å². The number of morpholine rings is 1. The van der Waals surface area contributed by atoms with Crippen molar-refractivity contribution in [1.82, 2.24) is 14.8 Å². The van der Waals surface area contributed by atoms with Crippen LogP contribution in [0.25, 0.3) is 0 Å². The first-order valence-corrected chi connectivity index (χ1v) is 11.6. The second kappa shape index (κ2) is 8.54. The molecule has 2 aromatic heterocycles. The summed E-state index contributed by atoms with van der Waals surface area (Å²) in [5.41, 5.74) is 1.36. The molecule has 2 atom stereocenters. The topological polar surface area (TPSA) is 45.7 Å². The van der Waals surface area contributed by atoms with E-state index in [9.17, 15) is 4.79 Å². The summed E-state index contributed by atoms with van der Waals surface area (Å²) in [4.78, 5) is 25.2. The van der Waals surface area contributed by atoms with E-state index in [0.717, 1.165) is 24.2 Å². The second-order valence-electron chi connectivity index (χ2n) is 8.47. The van der Waals surface area contributed by atoms with E-state index in [1.54, 1.807) is 6.20 Å². The van der Waals surface area contributed by atoms with Gasteiger partial charge in [0.05, 0.1) is 6.61 Å². The fourth-order valence-corrected chi connectivity index (χ4v) is 5.80. The average molecular weight is 434 g/mol. The van der Waals surface area contributed by atoms with Crippen LogP contribution in [-0.2, 0) is 22.6 Å². The van der Waals surface area contributed by atoms with Crippen molar-refractivity contribution in [2.75, 3.05) is 26.2 Å². The van der Waals surface area contributed by atoms with Crippen LogP contribution in [0.3, 0.4) is 0 Å². The van der Waals surface area contributed by atoms with Crippen LogP contribution in [-0.4, -0.2) is 52.5 Å². The zero-order chi connectivity index (χ0) is 21.3. The van der Waals surface area contributed by atoms with E-state index in [1.807, 2.05) is 46.7 Å². The van der Waals surface area contributed by atoms with Crippen LogP contribution < -0.4 is 0 Å². The number of thiophene rings is 1. The lowest BCUT2D eigenvalue weighted by Gasteiger charge is -2.42. The number of hydrogen-bond donors (Lipinski definition) is 0. The number of benzene rings is 1. The van der Waals surface area contributed by atoms with Gasteiger partial charge in [-0.15, -0.1) is 11.3 Å². The molecule has 6 heteroatoms. The zero-order valence-electron chi connectivity index (χ0n) is 17.7. The Kier molecular flexibility index (Phi) is 5.61. The molecule has 1 spiro atoms. The SMILES string of the molecule is Cc1ccc(CN2C[C@H](c3cccnc3)[C@@]3(C2)OCCN(Cc2ccccc2)C3=O)s1. The van der Waals surface area contributed by atoms with Gasteiger partial charge in [0.2, 0.25) is 0 Å². The number of carbonyl (C=O) groups excluding carboxylic acids is 1. The van der Waals surface area contributed by atoms with Crippen LogP contribution in [0.5, 0.6) is 0 Å². The van der Waals surface area contributed by atoms with Crippen LogP contribution >= 0.6 is 11.3 Å². The predicted molar refractivity (Wildman–Crippen MR) is 122 cm³/mol. The van der Waals surface area contributed by atoms with Crippen molar-refractivity contribution in [2.24, 2.45) is 0 Å². The summed E-state index contributed by atoms with van der Waals surface area (Å²) in [5, 5.41) is 0. The molecule has 0 aliphatic carbocycles. The molecule has 0 N–H and O–H groups in total. The lowest BCUT2D eigenvalue weighted by atomic mass is 9.83. The Morgan fingerprint density at radius 1 is 1.13 bits per heavy atom. The third-order valence-corrected chi connectivity index (χ3v) is 7.30. The van der Waals surface area contributed by atoms with E-state index >= 15 is 0 Å². The van der Waals surface area contributed by atoms with Gasteiger partial charge in [-0.25, -0.2) is 0 Å². The largest absolute Gasteiger partial charge is 0.361 e. The summed E-state index contributed by atoms with van der Waals surface area (Å²) in [6.07, 6.45) is 3.67. The summed E-state index contributed by atoms with van der Waals surface area (Å²) in [7, 11) is 0. The molecule has 2 aliphatic rings. The molecule has 0 saturated carbocycles. The van der Waals surface area contributed by atoms with Crippen molar-refractivity contribution in [1.29, 1.82) is 0 Å². The number of aryl methyl sites for hydroxylation is 1. The smallest absolute Gasteiger partial charge is 0.257 e. The van der Waals surface area contributed by atoms with Crippen molar-refractivity contribution in [3.8, 4) is 0 Å². The van der Waals surface area contributed by atoms with Crippen molar-refractivity contribution in [3.63, 3.8) is 0 Å². The molecule has 1 aromatic carbocycles. The maximum absolute atomic E-state index is 13.9. The lowest BCUT2D eigenvalue weighted by molar-refractivity contribution is -0.173. The average Bonchev–Trinajstić information content (AvgIpc) is 3.37. The van der Waals surface area contributed by atoms with Crippen LogP contribution in [0, 0.1) is 6.92 Å². The van der Waals surface area contributed by atoms with Gasteiger partial charge in [0.1, 0.15) is 0 Å². The first-order valence-electron chi connectivity index (χ1n) is 10.8. The molecule has 2 saturated heterocycles. The monoisotopic (exact) mass is 433 g/mol. The van der Waals surface area contributed by atoms with E-state index in [2.05, 4.69) is 47.1 Å². The number of likely N-dealkylation sites (tertiary alicyclic amines) is 1. The second-order valence-corrected chi connectivity index (χ2v) is 9.84. The highest BCUT2D eigenvalue weighted by molar-refractivity contribution is 7.11. The number of aromatic nitrogens is 1.